The average Bonchev–Trinajstić information content (AvgIpc) is 3.08. The Labute approximate surface area is 299 Å². The molecule has 0 aliphatic heterocycles. The summed E-state index contributed by atoms with van der Waals surface area (Å²) in [5, 5.41) is 15.2. The predicted molar refractivity (Wildman–Crippen MR) is 190 cm³/mol. The Bertz CT molecular complexity index is 414. The molecule has 0 saturated heterocycles. The van der Waals surface area contributed by atoms with Gasteiger partial charge in [0.25, 0.3) is 0 Å². The molecule has 46 heavy (non-hydrogen) atoms. The maximum absolute atomic E-state index is 9.55. The second-order valence-electron chi connectivity index (χ2n) is 11.3. The van der Waals surface area contributed by atoms with E-state index < -0.39 is 17.2 Å². The molecule has 0 aliphatic carbocycles. The molecule has 280 valence electrons. The van der Waals surface area contributed by atoms with E-state index in [4.69, 9.17) is 31.6 Å². The third kappa shape index (κ3) is 60.4. The van der Waals surface area contributed by atoms with Gasteiger partial charge >= 0.3 is 40.9 Å². The van der Waals surface area contributed by atoms with Gasteiger partial charge in [0.2, 0.25) is 0 Å². The van der Waals surface area contributed by atoms with Gasteiger partial charge in [-0.1, -0.05) is 156 Å². The molecule has 0 amide bonds. The first-order chi connectivity index (χ1) is 22.5. The molecule has 0 saturated carbocycles. The molecule has 0 aliphatic rings. The van der Waals surface area contributed by atoms with E-state index in [1.54, 1.807) is 0 Å². The van der Waals surface area contributed by atoms with Crippen LogP contribution in [0.1, 0.15) is 182 Å². The van der Waals surface area contributed by atoms with Gasteiger partial charge in [0.05, 0.1) is 39.6 Å². The van der Waals surface area contributed by atoms with Crippen LogP contribution in [0.25, 0.3) is 0 Å². The second-order valence-corrected chi connectivity index (χ2v) is 13.3. The van der Waals surface area contributed by atoms with Crippen molar-refractivity contribution in [1.29, 1.82) is 0 Å². The molecule has 0 aromatic heterocycles. The molecule has 0 radical (unpaired) electrons. The summed E-state index contributed by atoms with van der Waals surface area (Å²) in [5.41, 5.74) is 0. The van der Waals surface area contributed by atoms with Gasteiger partial charge in [-0.3, -0.25) is 0 Å². The molecule has 0 fully saturated rings. The van der Waals surface area contributed by atoms with Crippen molar-refractivity contribution in [3.8, 4) is 0 Å². The van der Waals surface area contributed by atoms with Crippen LogP contribution >= 0.6 is 17.2 Å². The zero-order chi connectivity index (χ0) is 35.2. The zero-order valence-electron chi connectivity index (χ0n) is 30.4. The molecule has 0 atom stereocenters. The Morgan fingerprint density at radius 3 is 0.717 bits per heavy atom. The van der Waals surface area contributed by atoms with Gasteiger partial charge in [0.1, 0.15) is 0 Å². The monoisotopic (exact) mass is 738 g/mol. The van der Waals surface area contributed by atoms with Crippen molar-refractivity contribution in [2.24, 2.45) is 0 Å². The van der Waals surface area contributed by atoms with Crippen LogP contribution in [0.15, 0.2) is 0 Å². The standard InChI is InChI=1S/2C16H35O3P.C2H6O2.O.Ti/c2*1-3-5-7-9-11-13-15-18-20(17)19-16-14-12-10-8-6-4-2;3-1-2-4;;/h2*17H,3-16H2,1-2H3;3-4H,1-2H2;;. The number of hydrogen-bond acceptors (Lipinski definition) is 9. The molecule has 12 heteroatoms. The second kappa shape index (κ2) is 55.5. The fourth-order valence-electron chi connectivity index (χ4n) is 4.17. The minimum absolute atomic E-state index is 0.125. The molecular weight excluding hydrogens is 662 g/mol. The molecule has 0 aromatic rings. The van der Waals surface area contributed by atoms with Crippen LogP contribution in [0.2, 0.25) is 0 Å². The number of aliphatic hydroxyl groups is 2. The molecule has 0 heterocycles. The van der Waals surface area contributed by atoms with Gasteiger partial charge in [-0.25, -0.2) is 0 Å². The van der Waals surface area contributed by atoms with Crippen LogP contribution in [0.5, 0.6) is 0 Å². The predicted octanol–water partition coefficient (Wildman–Crippen LogP) is 10.8. The number of unbranched alkanes of at least 4 members (excludes halogenated alkanes) is 20. The average molecular weight is 739 g/mol. The Morgan fingerprint density at radius 1 is 0.370 bits per heavy atom. The summed E-state index contributed by atoms with van der Waals surface area (Å²) in [6, 6.07) is 0. The van der Waals surface area contributed by atoms with Gasteiger partial charge in [0.15, 0.2) is 0 Å². The Morgan fingerprint density at radius 2 is 0.543 bits per heavy atom. The Hall–Kier alpha value is 1.05. The molecule has 0 spiro atoms. The summed E-state index contributed by atoms with van der Waals surface area (Å²) in [6.45, 7) is 11.2. The summed E-state index contributed by atoms with van der Waals surface area (Å²) in [4.78, 5) is 19.1. The number of rotatable bonds is 33. The van der Waals surface area contributed by atoms with E-state index in [9.17, 15) is 9.79 Å². The number of aliphatic hydroxyl groups excluding tert-OH is 2. The van der Waals surface area contributed by atoms with E-state index in [1.165, 1.54) is 128 Å². The first kappa shape index (κ1) is 53.8. The van der Waals surface area contributed by atoms with E-state index in [0.29, 0.717) is 26.4 Å². The van der Waals surface area contributed by atoms with Crippen molar-refractivity contribution >= 4 is 17.2 Å². The Kier molecular flexibility index (Phi) is 64.9. The van der Waals surface area contributed by atoms with E-state index in [2.05, 4.69) is 27.7 Å². The van der Waals surface area contributed by atoms with Gasteiger partial charge in [-0.15, -0.1) is 0 Å². The van der Waals surface area contributed by atoms with E-state index >= 15 is 0 Å². The van der Waals surface area contributed by atoms with Gasteiger partial charge < -0.3 is 38.1 Å². The summed E-state index contributed by atoms with van der Waals surface area (Å²) >= 11 is 0.750. The van der Waals surface area contributed by atoms with Crippen molar-refractivity contribution in [2.45, 2.75) is 182 Å². The van der Waals surface area contributed by atoms with E-state index in [1.807, 2.05) is 0 Å². The third-order valence-corrected chi connectivity index (χ3v) is 8.51. The summed E-state index contributed by atoms with van der Waals surface area (Å²) in [5.74, 6) is 0. The molecule has 0 unspecified atom stereocenters. The molecular formula is C34H76O9P2Ti. The number of hydrogen-bond donors (Lipinski definition) is 4. The molecule has 0 rings (SSSR count). The molecule has 0 aromatic carbocycles. The van der Waals surface area contributed by atoms with Crippen LogP contribution < -0.4 is 0 Å². The van der Waals surface area contributed by atoms with Crippen LogP contribution in [-0.4, -0.2) is 59.6 Å². The molecule has 0 bridgehead atoms. The third-order valence-electron chi connectivity index (χ3n) is 6.90. The van der Waals surface area contributed by atoms with Crippen molar-refractivity contribution < 1.29 is 61.8 Å². The van der Waals surface area contributed by atoms with Crippen molar-refractivity contribution in [3.63, 3.8) is 0 Å². The molecule has 4 N–H and O–H groups in total. The summed E-state index contributed by atoms with van der Waals surface area (Å²) < 4.78 is 29.4. The minimum atomic E-state index is -1.64. The maximum atomic E-state index is 9.55. The van der Waals surface area contributed by atoms with E-state index in [0.717, 1.165) is 46.1 Å². The van der Waals surface area contributed by atoms with Crippen molar-refractivity contribution in [2.75, 3.05) is 39.6 Å². The quantitative estimate of drug-likeness (QED) is 0.0295. The topological polar surface area (TPSA) is 135 Å². The van der Waals surface area contributed by atoms with Gasteiger partial charge in [-0.05, 0) is 25.7 Å². The fourth-order valence-corrected chi connectivity index (χ4v) is 5.46. The Balaban J connectivity index is -0.000000327. The fraction of sp³-hybridized carbons (Fsp3) is 1.00. The SMILES string of the molecule is CCCCCCCCOP(O)OCCCCCCCC.CCCCCCCCOP(O)OCCCCCCCC.OCCO.[O]=[Ti]. The zero-order valence-corrected chi connectivity index (χ0v) is 33.8. The van der Waals surface area contributed by atoms with E-state index in [-0.39, 0.29) is 13.2 Å². The van der Waals surface area contributed by atoms with Crippen LogP contribution in [-0.2, 0) is 41.8 Å². The first-order valence-electron chi connectivity index (χ1n) is 18.5. The van der Waals surface area contributed by atoms with Crippen molar-refractivity contribution in [3.05, 3.63) is 0 Å². The van der Waals surface area contributed by atoms with Gasteiger partial charge in [0, 0.05) is 0 Å². The van der Waals surface area contributed by atoms with Crippen LogP contribution in [0.4, 0.5) is 0 Å². The molecule has 9 nitrogen and oxygen atoms in total. The first-order valence-corrected chi connectivity index (χ1v) is 21.3. The van der Waals surface area contributed by atoms with Crippen molar-refractivity contribution in [1.82, 2.24) is 0 Å². The van der Waals surface area contributed by atoms with Crippen LogP contribution in [0, 0.1) is 0 Å². The van der Waals surface area contributed by atoms with Crippen LogP contribution in [0.3, 0.4) is 0 Å². The summed E-state index contributed by atoms with van der Waals surface area (Å²) in [6.07, 6.45) is 29.7. The van der Waals surface area contributed by atoms with Gasteiger partial charge in [-0.2, -0.15) is 0 Å². The summed E-state index contributed by atoms with van der Waals surface area (Å²) in [7, 11) is -3.27. The normalized spacial score (nSPS) is 10.6.